The van der Waals surface area contributed by atoms with E-state index in [2.05, 4.69) is 32.6 Å². The summed E-state index contributed by atoms with van der Waals surface area (Å²) in [4.78, 5) is 28.8. The van der Waals surface area contributed by atoms with E-state index in [-0.39, 0.29) is 0 Å². The lowest BCUT2D eigenvalue weighted by molar-refractivity contribution is -0.136. The summed E-state index contributed by atoms with van der Waals surface area (Å²) in [6.07, 6.45) is 0.809. The van der Waals surface area contributed by atoms with Crippen molar-refractivity contribution in [1.82, 2.24) is 10.2 Å². The van der Waals surface area contributed by atoms with Gasteiger partial charge in [0.15, 0.2) is 0 Å². The van der Waals surface area contributed by atoms with Gasteiger partial charge in [-0.05, 0) is 74.3 Å². The molecule has 0 aromatic heterocycles. The van der Waals surface area contributed by atoms with Gasteiger partial charge in [0, 0.05) is 49.1 Å². The highest BCUT2D eigenvalue weighted by Crippen LogP contribution is 2.19. The van der Waals surface area contributed by atoms with Crippen molar-refractivity contribution in [3.05, 3.63) is 58.6 Å². The SMILES string of the molecule is Cc1ccc(NC(=O)C(=O)NCCCN2CCN(c3ccc(Cl)cc3)CC2)cc1C. The maximum Gasteiger partial charge on any atom is 0.313 e. The molecule has 0 bridgehead atoms. The van der Waals surface area contributed by atoms with E-state index < -0.39 is 11.8 Å². The maximum absolute atomic E-state index is 12.0. The van der Waals surface area contributed by atoms with Gasteiger partial charge in [-0.3, -0.25) is 14.5 Å². The molecule has 30 heavy (non-hydrogen) atoms. The second-order valence-electron chi connectivity index (χ2n) is 7.67. The lowest BCUT2D eigenvalue weighted by Gasteiger charge is -2.36. The number of halogens is 1. The second kappa shape index (κ2) is 10.5. The van der Waals surface area contributed by atoms with Gasteiger partial charge in [0.2, 0.25) is 0 Å². The van der Waals surface area contributed by atoms with Gasteiger partial charge in [0.05, 0.1) is 0 Å². The number of rotatable bonds is 6. The molecule has 0 spiro atoms. The first-order chi connectivity index (χ1) is 14.4. The fraction of sp³-hybridized carbons (Fsp3) is 0.391. The normalized spacial score (nSPS) is 14.4. The van der Waals surface area contributed by atoms with Crippen LogP contribution in [0.3, 0.4) is 0 Å². The molecule has 0 radical (unpaired) electrons. The van der Waals surface area contributed by atoms with Gasteiger partial charge in [0.1, 0.15) is 0 Å². The van der Waals surface area contributed by atoms with Crippen molar-refractivity contribution in [2.75, 3.05) is 49.5 Å². The lowest BCUT2D eigenvalue weighted by atomic mass is 10.1. The van der Waals surface area contributed by atoms with E-state index in [1.807, 2.05) is 38.1 Å². The smallest absolute Gasteiger partial charge is 0.313 e. The summed E-state index contributed by atoms with van der Waals surface area (Å²) in [5, 5.41) is 6.11. The highest BCUT2D eigenvalue weighted by molar-refractivity contribution is 6.39. The summed E-state index contributed by atoms with van der Waals surface area (Å²) in [6.45, 7) is 9.24. The molecule has 0 atom stereocenters. The molecule has 7 heteroatoms. The summed E-state index contributed by atoms with van der Waals surface area (Å²) >= 11 is 5.96. The monoisotopic (exact) mass is 428 g/mol. The minimum atomic E-state index is -0.630. The van der Waals surface area contributed by atoms with E-state index in [9.17, 15) is 9.59 Å². The third-order valence-corrected chi connectivity index (χ3v) is 5.72. The van der Waals surface area contributed by atoms with E-state index in [0.29, 0.717) is 12.2 Å². The molecule has 2 amide bonds. The number of nitrogens with one attached hydrogen (secondary N) is 2. The summed E-state index contributed by atoms with van der Waals surface area (Å²) in [5.74, 6) is -1.23. The molecule has 0 unspecified atom stereocenters. The molecule has 2 aromatic rings. The number of nitrogens with zero attached hydrogens (tertiary/aromatic N) is 2. The fourth-order valence-electron chi connectivity index (χ4n) is 3.47. The Hall–Kier alpha value is -2.57. The fourth-order valence-corrected chi connectivity index (χ4v) is 3.60. The molecule has 0 saturated carbocycles. The quantitative estimate of drug-likeness (QED) is 0.547. The van der Waals surface area contributed by atoms with Crippen LogP contribution < -0.4 is 15.5 Å². The van der Waals surface area contributed by atoms with Gasteiger partial charge in [-0.15, -0.1) is 0 Å². The topological polar surface area (TPSA) is 64.7 Å². The van der Waals surface area contributed by atoms with Crippen LogP contribution in [0.25, 0.3) is 0 Å². The van der Waals surface area contributed by atoms with Gasteiger partial charge in [-0.1, -0.05) is 17.7 Å². The van der Waals surface area contributed by atoms with E-state index in [0.717, 1.165) is 55.3 Å². The number of carbonyl (C=O) groups is 2. The molecule has 1 aliphatic rings. The largest absolute Gasteiger partial charge is 0.369 e. The molecule has 1 saturated heterocycles. The van der Waals surface area contributed by atoms with Crippen LogP contribution in [0.5, 0.6) is 0 Å². The number of aryl methyl sites for hydroxylation is 2. The third kappa shape index (κ3) is 6.21. The minimum absolute atomic E-state index is 0.483. The lowest BCUT2D eigenvalue weighted by Crippen LogP contribution is -2.47. The van der Waals surface area contributed by atoms with Crippen LogP contribution in [0.4, 0.5) is 11.4 Å². The van der Waals surface area contributed by atoms with Gasteiger partial charge in [0.25, 0.3) is 0 Å². The Labute approximate surface area is 183 Å². The zero-order valence-electron chi connectivity index (χ0n) is 17.6. The Bertz CT molecular complexity index is 877. The van der Waals surface area contributed by atoms with Crippen LogP contribution in [0.1, 0.15) is 17.5 Å². The molecular formula is C23H29ClN4O2. The first-order valence-corrected chi connectivity index (χ1v) is 10.7. The summed E-state index contributed by atoms with van der Waals surface area (Å²) in [7, 11) is 0. The average molecular weight is 429 g/mol. The van der Waals surface area contributed by atoms with E-state index in [1.165, 1.54) is 5.69 Å². The number of benzene rings is 2. The predicted octanol–water partition coefficient (Wildman–Crippen LogP) is 3.22. The molecule has 3 rings (SSSR count). The zero-order chi connectivity index (χ0) is 21.5. The van der Waals surface area contributed by atoms with Crippen LogP contribution in [0.15, 0.2) is 42.5 Å². The summed E-state index contributed by atoms with van der Waals surface area (Å²) in [5.41, 5.74) is 4.05. The van der Waals surface area contributed by atoms with Crippen LogP contribution in [0, 0.1) is 13.8 Å². The Morgan fingerprint density at radius 1 is 0.933 bits per heavy atom. The van der Waals surface area contributed by atoms with Crippen LogP contribution in [-0.2, 0) is 9.59 Å². The van der Waals surface area contributed by atoms with E-state index in [4.69, 9.17) is 11.6 Å². The number of carbonyl (C=O) groups excluding carboxylic acids is 2. The predicted molar refractivity (Wildman–Crippen MR) is 122 cm³/mol. The van der Waals surface area contributed by atoms with Crippen LogP contribution in [0.2, 0.25) is 5.02 Å². The molecular weight excluding hydrogens is 400 g/mol. The molecule has 1 fully saturated rings. The van der Waals surface area contributed by atoms with Crippen LogP contribution in [-0.4, -0.2) is 56.0 Å². The molecule has 160 valence electrons. The highest BCUT2D eigenvalue weighted by atomic mass is 35.5. The third-order valence-electron chi connectivity index (χ3n) is 5.47. The highest BCUT2D eigenvalue weighted by Gasteiger charge is 2.17. The maximum atomic E-state index is 12.0. The summed E-state index contributed by atoms with van der Waals surface area (Å²) < 4.78 is 0. The number of amides is 2. The van der Waals surface area contributed by atoms with E-state index >= 15 is 0 Å². The van der Waals surface area contributed by atoms with Crippen molar-refractivity contribution in [1.29, 1.82) is 0 Å². The molecule has 6 nitrogen and oxygen atoms in total. The van der Waals surface area contributed by atoms with Crippen molar-refractivity contribution in [3.63, 3.8) is 0 Å². The number of anilines is 2. The Morgan fingerprint density at radius 2 is 1.63 bits per heavy atom. The van der Waals surface area contributed by atoms with Crippen molar-refractivity contribution < 1.29 is 9.59 Å². The zero-order valence-corrected chi connectivity index (χ0v) is 18.3. The first kappa shape index (κ1) is 22.1. The van der Waals surface area contributed by atoms with Crippen molar-refractivity contribution in [3.8, 4) is 0 Å². The van der Waals surface area contributed by atoms with Gasteiger partial charge in [-0.2, -0.15) is 0 Å². The molecule has 1 aliphatic heterocycles. The van der Waals surface area contributed by atoms with E-state index in [1.54, 1.807) is 6.07 Å². The Kier molecular flexibility index (Phi) is 7.71. The number of piperazine rings is 1. The van der Waals surface area contributed by atoms with Gasteiger partial charge >= 0.3 is 11.8 Å². The Morgan fingerprint density at radius 3 is 2.30 bits per heavy atom. The molecule has 0 aliphatic carbocycles. The second-order valence-corrected chi connectivity index (χ2v) is 8.10. The standard InChI is InChI=1S/C23H29ClN4O2/c1-17-4-7-20(16-18(17)2)26-23(30)22(29)25-10-3-11-27-12-14-28(15-13-27)21-8-5-19(24)6-9-21/h4-9,16H,3,10-15H2,1-2H3,(H,25,29)(H,26,30). The average Bonchev–Trinajstić information content (AvgIpc) is 2.74. The first-order valence-electron chi connectivity index (χ1n) is 10.3. The van der Waals surface area contributed by atoms with Gasteiger partial charge in [-0.25, -0.2) is 0 Å². The Balaban J connectivity index is 1.33. The van der Waals surface area contributed by atoms with Crippen molar-refractivity contribution >= 4 is 34.8 Å². The van der Waals surface area contributed by atoms with Gasteiger partial charge < -0.3 is 15.5 Å². The number of hydrogen-bond acceptors (Lipinski definition) is 4. The van der Waals surface area contributed by atoms with Crippen LogP contribution >= 0.6 is 11.6 Å². The van der Waals surface area contributed by atoms with Crippen molar-refractivity contribution in [2.24, 2.45) is 0 Å². The van der Waals surface area contributed by atoms with Crippen molar-refractivity contribution in [2.45, 2.75) is 20.3 Å². The summed E-state index contributed by atoms with van der Waals surface area (Å²) in [6, 6.07) is 13.5. The molecule has 1 heterocycles. The molecule has 2 N–H and O–H groups in total. The number of hydrogen-bond donors (Lipinski definition) is 2. The minimum Gasteiger partial charge on any atom is -0.369 e. The molecule has 2 aromatic carbocycles.